The summed E-state index contributed by atoms with van der Waals surface area (Å²) in [6.45, 7) is 2.74. The number of rotatable bonds is 6. The van der Waals surface area contributed by atoms with Gasteiger partial charge in [0, 0.05) is 0 Å². The van der Waals surface area contributed by atoms with E-state index < -0.39 is 5.97 Å². The van der Waals surface area contributed by atoms with Crippen molar-refractivity contribution in [3.63, 3.8) is 0 Å². The molecule has 0 bridgehead atoms. The molecule has 3 N–H and O–H groups in total. The lowest BCUT2D eigenvalue weighted by Crippen LogP contribution is -2.03. The van der Waals surface area contributed by atoms with E-state index in [0.717, 1.165) is 19.3 Å². The molecule has 0 aliphatic rings. The van der Waals surface area contributed by atoms with Crippen LogP contribution in [-0.4, -0.2) is 17.7 Å². The van der Waals surface area contributed by atoms with Gasteiger partial charge in [0.1, 0.15) is 5.75 Å². The normalized spacial score (nSPS) is 10.1. The maximum Gasteiger partial charge on any atom is 0.335 e. The highest BCUT2D eigenvalue weighted by molar-refractivity contribution is 5.89. The van der Waals surface area contributed by atoms with Crippen molar-refractivity contribution in [1.82, 2.24) is 0 Å². The van der Waals surface area contributed by atoms with E-state index in [0.29, 0.717) is 18.0 Å². The number of benzene rings is 1. The number of nitrogen functional groups attached to an aromatic ring is 1. The van der Waals surface area contributed by atoms with Crippen molar-refractivity contribution in [1.29, 1.82) is 0 Å². The van der Waals surface area contributed by atoms with E-state index in [9.17, 15) is 4.79 Å². The van der Waals surface area contributed by atoms with Gasteiger partial charge in [-0.3, -0.25) is 0 Å². The van der Waals surface area contributed by atoms with Gasteiger partial charge in [-0.1, -0.05) is 19.8 Å². The second-order valence-electron chi connectivity index (χ2n) is 3.61. The van der Waals surface area contributed by atoms with Gasteiger partial charge >= 0.3 is 5.97 Å². The molecular formula is C12H17NO3. The molecule has 0 fully saturated rings. The van der Waals surface area contributed by atoms with Crippen LogP contribution < -0.4 is 10.5 Å². The maximum atomic E-state index is 10.7. The van der Waals surface area contributed by atoms with Crippen LogP contribution in [0.4, 0.5) is 5.69 Å². The Bertz CT molecular complexity index is 363. The highest BCUT2D eigenvalue weighted by atomic mass is 16.5. The molecule has 0 saturated carbocycles. The van der Waals surface area contributed by atoms with Crippen molar-refractivity contribution < 1.29 is 14.6 Å². The van der Waals surface area contributed by atoms with E-state index in [2.05, 4.69) is 6.92 Å². The zero-order valence-electron chi connectivity index (χ0n) is 9.40. The fourth-order valence-electron chi connectivity index (χ4n) is 1.35. The highest BCUT2D eigenvalue weighted by Crippen LogP contribution is 2.22. The zero-order chi connectivity index (χ0) is 12.0. The summed E-state index contributed by atoms with van der Waals surface area (Å²) >= 11 is 0. The largest absolute Gasteiger partial charge is 0.491 e. The molecule has 0 aromatic heterocycles. The fourth-order valence-corrected chi connectivity index (χ4v) is 1.35. The SMILES string of the molecule is CCCCCOc1ccc(C(=O)O)cc1N. The van der Waals surface area contributed by atoms with Crippen LogP contribution in [0.5, 0.6) is 5.75 Å². The first-order chi connectivity index (χ1) is 7.65. The molecule has 1 rings (SSSR count). The van der Waals surface area contributed by atoms with E-state index in [1.165, 1.54) is 12.1 Å². The molecule has 16 heavy (non-hydrogen) atoms. The number of ether oxygens (including phenoxy) is 1. The Morgan fingerprint density at radius 3 is 2.75 bits per heavy atom. The third-order valence-corrected chi connectivity index (χ3v) is 2.26. The molecule has 0 amide bonds. The molecule has 0 radical (unpaired) electrons. The monoisotopic (exact) mass is 223 g/mol. The van der Waals surface area contributed by atoms with Crippen molar-refractivity contribution in [2.75, 3.05) is 12.3 Å². The van der Waals surface area contributed by atoms with Crippen LogP contribution in [0.2, 0.25) is 0 Å². The summed E-state index contributed by atoms with van der Waals surface area (Å²) in [6, 6.07) is 4.51. The highest BCUT2D eigenvalue weighted by Gasteiger charge is 2.06. The Kier molecular flexibility index (Phi) is 4.64. The summed E-state index contributed by atoms with van der Waals surface area (Å²) in [5, 5.41) is 8.75. The number of aromatic carboxylic acids is 1. The van der Waals surface area contributed by atoms with E-state index in [1.807, 2.05) is 0 Å². The first-order valence-corrected chi connectivity index (χ1v) is 5.40. The minimum absolute atomic E-state index is 0.179. The first-order valence-electron chi connectivity index (χ1n) is 5.40. The summed E-state index contributed by atoms with van der Waals surface area (Å²) in [4.78, 5) is 10.7. The Balaban J connectivity index is 2.57. The molecule has 0 unspecified atom stereocenters. The number of nitrogens with two attached hydrogens (primary N) is 1. The standard InChI is InChI=1S/C12H17NO3/c1-2-3-4-7-16-11-6-5-9(12(14)15)8-10(11)13/h5-6,8H,2-4,7,13H2,1H3,(H,14,15). The van der Waals surface area contributed by atoms with E-state index in [4.69, 9.17) is 15.6 Å². The Morgan fingerprint density at radius 1 is 1.44 bits per heavy atom. The van der Waals surface area contributed by atoms with Crippen LogP contribution in [0.3, 0.4) is 0 Å². The van der Waals surface area contributed by atoms with Gasteiger partial charge in [0.05, 0.1) is 17.9 Å². The second-order valence-corrected chi connectivity index (χ2v) is 3.61. The smallest absolute Gasteiger partial charge is 0.335 e. The minimum atomic E-state index is -0.982. The van der Waals surface area contributed by atoms with Gasteiger partial charge in [-0.2, -0.15) is 0 Å². The molecule has 1 aromatic carbocycles. The lowest BCUT2D eigenvalue weighted by atomic mass is 10.2. The van der Waals surface area contributed by atoms with Crippen molar-refractivity contribution in [2.24, 2.45) is 0 Å². The number of carboxylic acid groups (broad SMARTS) is 1. The van der Waals surface area contributed by atoms with E-state index >= 15 is 0 Å². The molecule has 0 aliphatic heterocycles. The van der Waals surface area contributed by atoms with Gasteiger partial charge in [0.15, 0.2) is 0 Å². The molecule has 0 saturated heterocycles. The average molecular weight is 223 g/mol. The fraction of sp³-hybridized carbons (Fsp3) is 0.417. The van der Waals surface area contributed by atoms with Crippen LogP contribution in [0.1, 0.15) is 36.5 Å². The summed E-state index contributed by atoms with van der Waals surface area (Å²) in [6.07, 6.45) is 3.24. The lowest BCUT2D eigenvalue weighted by Gasteiger charge is -2.08. The third-order valence-electron chi connectivity index (χ3n) is 2.26. The molecular weight excluding hydrogens is 206 g/mol. The predicted molar refractivity (Wildman–Crippen MR) is 62.8 cm³/mol. The van der Waals surface area contributed by atoms with Crippen LogP contribution in [-0.2, 0) is 0 Å². The predicted octanol–water partition coefficient (Wildman–Crippen LogP) is 2.54. The molecule has 0 aliphatic carbocycles. The second kappa shape index (κ2) is 6.00. The van der Waals surface area contributed by atoms with Crippen LogP contribution in [0.15, 0.2) is 18.2 Å². The molecule has 88 valence electrons. The van der Waals surface area contributed by atoms with Crippen LogP contribution in [0.25, 0.3) is 0 Å². The quantitative estimate of drug-likeness (QED) is 0.574. The Hall–Kier alpha value is -1.71. The number of anilines is 1. The van der Waals surface area contributed by atoms with E-state index in [-0.39, 0.29) is 5.56 Å². The van der Waals surface area contributed by atoms with Crippen molar-refractivity contribution in [3.8, 4) is 5.75 Å². The average Bonchev–Trinajstić information content (AvgIpc) is 2.26. The number of carboxylic acids is 1. The molecule has 0 heterocycles. The van der Waals surface area contributed by atoms with Gasteiger partial charge in [0.2, 0.25) is 0 Å². The molecule has 4 heteroatoms. The lowest BCUT2D eigenvalue weighted by molar-refractivity contribution is 0.0697. The summed E-state index contributed by atoms with van der Waals surface area (Å²) < 4.78 is 5.46. The van der Waals surface area contributed by atoms with Crippen LogP contribution in [0, 0.1) is 0 Å². The number of hydrogen-bond acceptors (Lipinski definition) is 3. The summed E-state index contributed by atoms with van der Waals surface area (Å²) in [5.74, 6) is -0.426. The number of carbonyl (C=O) groups is 1. The topological polar surface area (TPSA) is 72.5 Å². The Labute approximate surface area is 95.0 Å². The van der Waals surface area contributed by atoms with Gasteiger partial charge in [-0.15, -0.1) is 0 Å². The van der Waals surface area contributed by atoms with Crippen LogP contribution >= 0.6 is 0 Å². The number of unbranched alkanes of at least 4 members (excludes halogenated alkanes) is 2. The van der Waals surface area contributed by atoms with Gasteiger partial charge in [-0.05, 0) is 24.6 Å². The molecule has 4 nitrogen and oxygen atoms in total. The Morgan fingerprint density at radius 2 is 2.19 bits per heavy atom. The zero-order valence-corrected chi connectivity index (χ0v) is 9.40. The van der Waals surface area contributed by atoms with Crippen molar-refractivity contribution >= 4 is 11.7 Å². The van der Waals surface area contributed by atoms with E-state index in [1.54, 1.807) is 6.07 Å². The summed E-state index contributed by atoms with van der Waals surface area (Å²) in [5.41, 5.74) is 6.24. The van der Waals surface area contributed by atoms with Gasteiger partial charge in [-0.25, -0.2) is 4.79 Å². The minimum Gasteiger partial charge on any atom is -0.491 e. The van der Waals surface area contributed by atoms with Crippen molar-refractivity contribution in [2.45, 2.75) is 26.2 Å². The van der Waals surface area contributed by atoms with Gasteiger partial charge in [0.25, 0.3) is 0 Å². The molecule has 1 aromatic rings. The maximum absolute atomic E-state index is 10.7. The first kappa shape index (κ1) is 12.4. The van der Waals surface area contributed by atoms with Crippen molar-refractivity contribution in [3.05, 3.63) is 23.8 Å². The third kappa shape index (κ3) is 3.46. The number of hydrogen-bond donors (Lipinski definition) is 2. The van der Waals surface area contributed by atoms with Gasteiger partial charge < -0.3 is 15.6 Å². The summed E-state index contributed by atoms with van der Waals surface area (Å²) in [7, 11) is 0. The molecule has 0 atom stereocenters. The molecule has 0 spiro atoms.